The van der Waals surface area contributed by atoms with Gasteiger partial charge in [-0.3, -0.25) is 9.10 Å². The number of carbonyl (C=O) groups is 1. The van der Waals surface area contributed by atoms with Crippen LogP contribution in [-0.2, 0) is 20.2 Å². The van der Waals surface area contributed by atoms with E-state index in [1.54, 1.807) is 0 Å². The maximum Gasteiger partial charge on any atom is 0.241 e. The number of hydrogen-bond donors (Lipinski definition) is 1. The van der Waals surface area contributed by atoms with E-state index in [1.807, 2.05) is 73.7 Å². The lowest BCUT2D eigenvalue weighted by atomic mass is 9.48. The van der Waals surface area contributed by atoms with Crippen molar-refractivity contribution in [2.45, 2.75) is 56.9 Å². The molecule has 3 aromatic rings. The van der Waals surface area contributed by atoms with Crippen LogP contribution >= 0.6 is 0 Å². The topological polar surface area (TPSA) is 66.5 Å². The van der Waals surface area contributed by atoms with Crippen LogP contribution in [0.2, 0.25) is 0 Å². The first kappa shape index (κ1) is 26.1. The van der Waals surface area contributed by atoms with Crippen LogP contribution in [0.3, 0.4) is 0 Å². The zero-order valence-corrected chi connectivity index (χ0v) is 23.7. The number of anilines is 1. The molecule has 0 unspecified atom stereocenters. The average Bonchev–Trinajstić information content (AvgIpc) is 2.90. The second-order valence-electron chi connectivity index (χ2n) is 12.3. The predicted octanol–water partition coefficient (Wildman–Crippen LogP) is 6.13. The molecule has 4 aliphatic rings. The van der Waals surface area contributed by atoms with Crippen LogP contribution in [0.4, 0.5) is 5.69 Å². The van der Waals surface area contributed by atoms with Gasteiger partial charge in [-0.25, -0.2) is 8.42 Å². The highest BCUT2D eigenvalue weighted by Gasteiger charge is 2.51. The minimum Gasteiger partial charge on any atom is -0.344 e. The van der Waals surface area contributed by atoms with E-state index in [2.05, 4.69) is 17.4 Å². The van der Waals surface area contributed by atoms with Crippen LogP contribution in [0, 0.1) is 24.7 Å². The third-order valence-electron chi connectivity index (χ3n) is 9.43. The summed E-state index contributed by atoms with van der Waals surface area (Å²) in [6.07, 6.45) is 9.12. The molecule has 0 aromatic heterocycles. The summed E-state index contributed by atoms with van der Waals surface area (Å²) in [7, 11) is -3.67. The van der Waals surface area contributed by atoms with Gasteiger partial charge in [-0.15, -0.1) is 0 Å². The SMILES string of the molecule is Cc1ccccc1[C@H](NC(=O)CN(c1ccc(C23CC4CC(CC(C4)C2)C3)cc1)S(C)(=O)=O)c1ccccc1. The quantitative estimate of drug-likeness (QED) is 0.372. The molecule has 0 saturated heterocycles. The van der Waals surface area contributed by atoms with Crippen molar-refractivity contribution < 1.29 is 13.2 Å². The van der Waals surface area contributed by atoms with Crippen LogP contribution in [0.15, 0.2) is 78.9 Å². The number of nitrogens with one attached hydrogen (secondary N) is 1. The fourth-order valence-electron chi connectivity index (χ4n) is 8.08. The third kappa shape index (κ3) is 5.23. The molecule has 4 fully saturated rings. The number of hydrogen-bond acceptors (Lipinski definition) is 3. The Kier molecular flexibility index (Phi) is 6.78. The normalized spacial score (nSPS) is 26.3. The van der Waals surface area contributed by atoms with Gasteiger partial charge in [0, 0.05) is 0 Å². The number of aryl methyl sites for hydroxylation is 1. The van der Waals surface area contributed by atoms with E-state index in [-0.39, 0.29) is 23.9 Å². The van der Waals surface area contributed by atoms with Gasteiger partial charge >= 0.3 is 0 Å². The Morgan fingerprint density at radius 2 is 1.44 bits per heavy atom. The smallest absolute Gasteiger partial charge is 0.241 e. The maximum atomic E-state index is 13.4. The van der Waals surface area contributed by atoms with Gasteiger partial charge in [-0.2, -0.15) is 0 Å². The first-order valence-corrected chi connectivity index (χ1v) is 16.0. The van der Waals surface area contributed by atoms with Gasteiger partial charge in [0.05, 0.1) is 18.0 Å². The molecule has 1 N–H and O–H groups in total. The number of rotatable bonds is 8. The summed E-state index contributed by atoms with van der Waals surface area (Å²) in [6.45, 7) is 1.75. The lowest BCUT2D eigenvalue weighted by Gasteiger charge is -2.57. The van der Waals surface area contributed by atoms with Crippen molar-refractivity contribution in [2.24, 2.45) is 17.8 Å². The van der Waals surface area contributed by atoms with Crippen LogP contribution in [0.1, 0.15) is 66.8 Å². The molecule has 6 heteroatoms. The van der Waals surface area contributed by atoms with E-state index >= 15 is 0 Å². The standard InChI is InChI=1S/C33H38N2O3S/c1-23-8-6-7-11-30(23)32(27-9-4-3-5-10-27)34-31(36)22-35(39(2,37)38)29-14-12-28(13-15-29)33-19-24-16-25(20-33)18-26(17-24)21-33/h3-15,24-26,32H,16-22H2,1-2H3,(H,34,36)/t24?,25?,26?,32-,33?/m1/s1. The van der Waals surface area contributed by atoms with Crippen LogP contribution < -0.4 is 9.62 Å². The maximum absolute atomic E-state index is 13.4. The number of nitrogens with zero attached hydrogens (tertiary/aromatic N) is 1. The molecule has 204 valence electrons. The number of carbonyl (C=O) groups excluding carboxylic acids is 1. The predicted molar refractivity (Wildman–Crippen MR) is 156 cm³/mol. The summed E-state index contributed by atoms with van der Waals surface area (Å²) < 4.78 is 27.0. The first-order valence-electron chi connectivity index (χ1n) is 14.2. The zero-order valence-electron chi connectivity index (χ0n) is 22.8. The number of sulfonamides is 1. The molecule has 0 radical (unpaired) electrons. The first-order chi connectivity index (χ1) is 18.7. The van der Waals surface area contributed by atoms with Crippen molar-refractivity contribution in [2.75, 3.05) is 17.1 Å². The Bertz CT molecular complexity index is 1410. The van der Waals surface area contributed by atoms with Gasteiger partial charge in [-0.1, -0.05) is 66.7 Å². The fourth-order valence-corrected chi connectivity index (χ4v) is 8.94. The van der Waals surface area contributed by atoms with Gasteiger partial charge in [0.2, 0.25) is 15.9 Å². The summed E-state index contributed by atoms with van der Waals surface area (Å²) in [4.78, 5) is 13.4. The molecule has 0 heterocycles. The lowest BCUT2D eigenvalue weighted by molar-refractivity contribution is -0.120. The second-order valence-corrected chi connectivity index (χ2v) is 14.2. The molecule has 1 atom stereocenters. The summed E-state index contributed by atoms with van der Waals surface area (Å²) in [5.74, 6) is 2.19. The van der Waals surface area contributed by atoms with Crippen molar-refractivity contribution in [3.8, 4) is 0 Å². The van der Waals surface area contributed by atoms with Gasteiger partial charge in [-0.05, 0) is 103 Å². The Labute approximate surface area is 232 Å². The summed E-state index contributed by atoms with van der Waals surface area (Å²) >= 11 is 0. The molecule has 0 aliphatic heterocycles. The van der Waals surface area contributed by atoms with Crippen LogP contribution in [0.5, 0.6) is 0 Å². The van der Waals surface area contributed by atoms with Gasteiger partial charge in [0.25, 0.3) is 0 Å². The Balaban J connectivity index is 1.23. The van der Waals surface area contributed by atoms with Crippen molar-refractivity contribution in [1.82, 2.24) is 5.32 Å². The van der Waals surface area contributed by atoms with Gasteiger partial charge in [0.15, 0.2) is 0 Å². The molecule has 5 nitrogen and oxygen atoms in total. The van der Waals surface area contributed by atoms with Crippen molar-refractivity contribution in [3.63, 3.8) is 0 Å². The molecule has 4 saturated carbocycles. The van der Waals surface area contributed by atoms with Gasteiger partial charge in [0.1, 0.15) is 6.54 Å². The van der Waals surface area contributed by atoms with Crippen LogP contribution in [0.25, 0.3) is 0 Å². The second kappa shape index (κ2) is 10.1. The molecule has 0 spiro atoms. The average molecular weight is 543 g/mol. The Morgan fingerprint density at radius 1 is 0.872 bits per heavy atom. The Morgan fingerprint density at radius 3 is 2.00 bits per heavy atom. The monoisotopic (exact) mass is 542 g/mol. The Hall–Kier alpha value is -3.12. The molecule has 4 bridgehead atoms. The minimum absolute atomic E-state index is 0.247. The minimum atomic E-state index is -3.67. The van der Waals surface area contributed by atoms with Crippen molar-refractivity contribution >= 4 is 21.6 Å². The molecule has 4 aliphatic carbocycles. The van der Waals surface area contributed by atoms with E-state index in [4.69, 9.17) is 0 Å². The van der Waals surface area contributed by atoms with E-state index in [0.717, 1.165) is 34.4 Å². The van der Waals surface area contributed by atoms with Crippen molar-refractivity contribution in [3.05, 3.63) is 101 Å². The van der Waals surface area contributed by atoms with E-state index in [1.165, 1.54) is 54.6 Å². The largest absolute Gasteiger partial charge is 0.344 e. The third-order valence-corrected chi connectivity index (χ3v) is 10.6. The number of benzene rings is 3. The van der Waals surface area contributed by atoms with E-state index in [9.17, 15) is 13.2 Å². The summed E-state index contributed by atoms with van der Waals surface area (Å²) in [5, 5.41) is 3.12. The molecular weight excluding hydrogens is 504 g/mol. The molecular formula is C33H38N2O3S. The lowest BCUT2D eigenvalue weighted by Crippen LogP contribution is -2.48. The highest BCUT2D eigenvalue weighted by molar-refractivity contribution is 7.92. The molecule has 7 rings (SSSR count). The molecule has 3 aromatic carbocycles. The highest BCUT2D eigenvalue weighted by Crippen LogP contribution is 2.60. The summed E-state index contributed by atoms with van der Waals surface area (Å²) in [6, 6.07) is 25.4. The van der Waals surface area contributed by atoms with Crippen LogP contribution in [-0.4, -0.2) is 27.1 Å². The highest BCUT2D eigenvalue weighted by atomic mass is 32.2. The van der Waals surface area contributed by atoms with E-state index < -0.39 is 10.0 Å². The van der Waals surface area contributed by atoms with Gasteiger partial charge < -0.3 is 5.32 Å². The summed E-state index contributed by atoms with van der Waals surface area (Å²) in [5.41, 5.74) is 5.12. The fraction of sp³-hybridized carbons (Fsp3) is 0.424. The van der Waals surface area contributed by atoms with Crippen molar-refractivity contribution in [1.29, 1.82) is 0 Å². The number of amides is 1. The molecule has 1 amide bonds. The molecule has 39 heavy (non-hydrogen) atoms. The zero-order chi connectivity index (χ0) is 27.2. The van der Waals surface area contributed by atoms with E-state index in [0.29, 0.717) is 5.69 Å².